The van der Waals surface area contributed by atoms with Gasteiger partial charge in [0.15, 0.2) is 11.2 Å². The van der Waals surface area contributed by atoms with Crippen LogP contribution in [-0.4, -0.2) is 85.3 Å². The predicted octanol–water partition coefficient (Wildman–Crippen LogP) is 3.91. The standard InChI is InChI=1S/2C13H15N3O3/c1-14-3-5-15(6-4-14)12-9-11(16(17)18)8-10-2-7-19-13(10)12;14-10-7-9-1-6-19-12(9)11(8-10)15-2-4-16(5-3-15)13(17)18/h2,7-9H,3-6H2,1H3;1,6-8H,2-5,14H2,(H,17,18). The predicted molar refractivity (Wildman–Crippen MR) is 145 cm³/mol. The fourth-order valence-corrected chi connectivity index (χ4v) is 4.89. The normalized spacial score (nSPS) is 16.5. The first-order valence-corrected chi connectivity index (χ1v) is 12.4. The molecule has 4 aromatic rings. The van der Waals surface area contributed by atoms with E-state index in [0.717, 1.165) is 59.5 Å². The smallest absolute Gasteiger partial charge is 0.407 e. The number of furan rings is 2. The quantitative estimate of drug-likeness (QED) is 0.231. The zero-order valence-corrected chi connectivity index (χ0v) is 21.1. The van der Waals surface area contributed by atoms with Crippen molar-refractivity contribution in [1.29, 1.82) is 0 Å². The average Bonchev–Trinajstić information content (AvgIpc) is 3.58. The van der Waals surface area contributed by atoms with E-state index in [2.05, 4.69) is 21.7 Å². The monoisotopic (exact) mass is 522 g/mol. The molecule has 2 saturated heterocycles. The van der Waals surface area contributed by atoms with Crippen LogP contribution < -0.4 is 15.5 Å². The second-order valence-corrected chi connectivity index (χ2v) is 9.49. The molecule has 12 heteroatoms. The number of hydrogen-bond donors (Lipinski definition) is 2. The molecule has 0 bridgehead atoms. The van der Waals surface area contributed by atoms with Gasteiger partial charge in [0.05, 0.1) is 28.8 Å². The third-order valence-corrected chi connectivity index (χ3v) is 7.02. The van der Waals surface area contributed by atoms with Crippen molar-refractivity contribution in [2.45, 2.75) is 0 Å². The van der Waals surface area contributed by atoms with Crippen LogP contribution in [0, 0.1) is 10.1 Å². The first kappa shape index (κ1) is 25.2. The summed E-state index contributed by atoms with van der Waals surface area (Å²) in [6, 6.07) is 10.6. The zero-order chi connectivity index (χ0) is 26.8. The van der Waals surface area contributed by atoms with Gasteiger partial charge in [0.25, 0.3) is 5.69 Å². The number of carbonyl (C=O) groups is 1. The van der Waals surface area contributed by atoms with Gasteiger partial charge in [0, 0.05) is 81.0 Å². The second-order valence-electron chi connectivity index (χ2n) is 9.49. The SMILES string of the molecule is CN1CCN(c2cc([N+](=O)[O-])cc3ccoc23)CC1.Nc1cc(N2CCN(C(=O)O)CC2)c2occc2c1. The Morgan fingerprint density at radius 3 is 1.95 bits per heavy atom. The number of nitrogen functional groups attached to an aromatic ring is 1. The van der Waals surface area contributed by atoms with E-state index in [1.807, 2.05) is 18.2 Å². The minimum atomic E-state index is -0.865. The fraction of sp³-hybridized carbons (Fsp3) is 0.346. The maximum atomic E-state index is 11.0. The lowest BCUT2D eigenvalue weighted by molar-refractivity contribution is -0.384. The van der Waals surface area contributed by atoms with Gasteiger partial charge in [-0.25, -0.2) is 4.79 Å². The van der Waals surface area contributed by atoms with Crippen LogP contribution in [0.5, 0.6) is 0 Å². The summed E-state index contributed by atoms with van der Waals surface area (Å²) in [7, 11) is 2.08. The number of nitrogens with zero attached hydrogens (tertiary/aromatic N) is 5. The number of non-ortho nitro benzene ring substituents is 1. The highest BCUT2D eigenvalue weighted by Crippen LogP contribution is 2.33. The van der Waals surface area contributed by atoms with E-state index < -0.39 is 6.09 Å². The molecule has 0 radical (unpaired) electrons. The van der Waals surface area contributed by atoms with Crippen molar-refractivity contribution in [3.05, 3.63) is 59.0 Å². The molecular formula is C26H30N6O6. The first-order chi connectivity index (χ1) is 18.3. The maximum absolute atomic E-state index is 11.0. The topological polar surface area (TPSA) is 146 Å². The van der Waals surface area contributed by atoms with Crippen LogP contribution in [0.2, 0.25) is 0 Å². The second kappa shape index (κ2) is 10.5. The van der Waals surface area contributed by atoms with Crippen molar-refractivity contribution < 1.29 is 23.7 Å². The van der Waals surface area contributed by atoms with E-state index in [4.69, 9.17) is 19.7 Å². The number of nitrogens with two attached hydrogens (primary N) is 1. The summed E-state index contributed by atoms with van der Waals surface area (Å²) in [6.45, 7) is 5.88. The highest BCUT2D eigenvalue weighted by atomic mass is 16.6. The molecule has 0 atom stereocenters. The number of piperazine rings is 2. The number of nitro benzene ring substituents is 1. The Bertz CT molecular complexity index is 1450. The van der Waals surface area contributed by atoms with Gasteiger partial charge in [-0.3, -0.25) is 10.1 Å². The number of benzene rings is 2. The lowest BCUT2D eigenvalue weighted by Crippen LogP contribution is -2.48. The Balaban J connectivity index is 0.000000155. The highest BCUT2D eigenvalue weighted by molar-refractivity contribution is 5.93. The maximum Gasteiger partial charge on any atom is 0.407 e. The minimum Gasteiger partial charge on any atom is -0.465 e. The first-order valence-electron chi connectivity index (χ1n) is 12.4. The third-order valence-electron chi connectivity index (χ3n) is 7.02. The summed E-state index contributed by atoms with van der Waals surface area (Å²) in [5, 5.41) is 21.7. The lowest BCUT2D eigenvalue weighted by Gasteiger charge is -2.34. The van der Waals surface area contributed by atoms with Gasteiger partial charge in [-0.15, -0.1) is 0 Å². The number of carboxylic acid groups (broad SMARTS) is 1. The van der Waals surface area contributed by atoms with Gasteiger partial charge in [-0.05, 0) is 31.3 Å². The molecule has 2 aromatic carbocycles. The Hall–Kier alpha value is -4.45. The molecule has 2 aliphatic rings. The Morgan fingerprint density at radius 2 is 1.39 bits per heavy atom. The van der Waals surface area contributed by atoms with Gasteiger partial charge in [0.1, 0.15) is 0 Å². The summed E-state index contributed by atoms with van der Waals surface area (Å²) in [6.07, 6.45) is 2.35. The van der Waals surface area contributed by atoms with Crippen molar-refractivity contribution in [2.24, 2.45) is 0 Å². The molecule has 2 fully saturated rings. The molecular weight excluding hydrogens is 492 g/mol. The zero-order valence-electron chi connectivity index (χ0n) is 21.1. The summed E-state index contributed by atoms with van der Waals surface area (Å²) in [4.78, 5) is 29.5. The molecule has 12 nitrogen and oxygen atoms in total. The van der Waals surface area contributed by atoms with Crippen LogP contribution in [0.1, 0.15) is 0 Å². The number of anilines is 3. The largest absolute Gasteiger partial charge is 0.465 e. The summed E-state index contributed by atoms with van der Waals surface area (Å²) in [5.74, 6) is 0. The molecule has 2 aromatic heterocycles. The number of fused-ring (bicyclic) bond motifs is 2. The van der Waals surface area contributed by atoms with Gasteiger partial charge in [-0.2, -0.15) is 0 Å². The van der Waals surface area contributed by atoms with Crippen molar-refractivity contribution in [3.8, 4) is 0 Å². The molecule has 0 saturated carbocycles. The summed E-state index contributed by atoms with van der Waals surface area (Å²) in [5.41, 5.74) is 9.98. The van der Waals surface area contributed by atoms with Crippen LogP contribution in [0.4, 0.5) is 27.5 Å². The molecule has 0 unspecified atom stereocenters. The molecule has 4 heterocycles. The van der Waals surface area contributed by atoms with Crippen LogP contribution >= 0.6 is 0 Å². The van der Waals surface area contributed by atoms with Crippen molar-refractivity contribution in [1.82, 2.24) is 9.80 Å². The van der Waals surface area contributed by atoms with Crippen LogP contribution in [0.3, 0.4) is 0 Å². The van der Waals surface area contributed by atoms with E-state index in [1.54, 1.807) is 30.7 Å². The molecule has 3 N–H and O–H groups in total. The van der Waals surface area contributed by atoms with Gasteiger partial charge < -0.3 is 39.3 Å². The fourth-order valence-electron chi connectivity index (χ4n) is 4.89. The van der Waals surface area contributed by atoms with Crippen LogP contribution in [-0.2, 0) is 0 Å². The summed E-state index contributed by atoms with van der Waals surface area (Å²) >= 11 is 0. The van der Waals surface area contributed by atoms with Gasteiger partial charge >= 0.3 is 6.09 Å². The molecule has 6 rings (SSSR count). The van der Waals surface area contributed by atoms with Crippen LogP contribution in [0.25, 0.3) is 21.9 Å². The lowest BCUT2D eigenvalue weighted by atomic mass is 10.1. The molecule has 2 aliphatic heterocycles. The summed E-state index contributed by atoms with van der Waals surface area (Å²) < 4.78 is 11.0. The highest BCUT2D eigenvalue weighted by Gasteiger charge is 2.23. The number of amides is 1. The minimum absolute atomic E-state index is 0.114. The number of nitro groups is 1. The van der Waals surface area contributed by atoms with E-state index in [9.17, 15) is 14.9 Å². The Kier molecular flexibility index (Phi) is 6.97. The van der Waals surface area contributed by atoms with Crippen molar-refractivity contribution in [2.75, 3.05) is 74.9 Å². The van der Waals surface area contributed by atoms with E-state index in [1.165, 1.54) is 4.90 Å². The molecule has 0 spiro atoms. The van der Waals surface area contributed by atoms with Gasteiger partial charge in [0.2, 0.25) is 0 Å². The number of likely N-dealkylation sites (N-methyl/N-ethyl adjacent to an activating group) is 1. The molecule has 200 valence electrons. The Morgan fingerprint density at radius 1 is 0.868 bits per heavy atom. The molecule has 38 heavy (non-hydrogen) atoms. The van der Waals surface area contributed by atoms with Crippen LogP contribution in [0.15, 0.2) is 57.8 Å². The number of hydrogen-bond acceptors (Lipinski definition) is 9. The van der Waals surface area contributed by atoms with Gasteiger partial charge in [-0.1, -0.05) is 0 Å². The third kappa shape index (κ3) is 5.16. The van der Waals surface area contributed by atoms with Crippen molar-refractivity contribution >= 4 is 50.8 Å². The van der Waals surface area contributed by atoms with E-state index >= 15 is 0 Å². The van der Waals surface area contributed by atoms with E-state index in [-0.39, 0.29) is 10.6 Å². The van der Waals surface area contributed by atoms with Crippen molar-refractivity contribution in [3.63, 3.8) is 0 Å². The number of rotatable bonds is 3. The average molecular weight is 523 g/mol. The Labute approximate surface area is 218 Å². The molecule has 0 aliphatic carbocycles. The van der Waals surface area contributed by atoms with E-state index in [0.29, 0.717) is 31.9 Å². The molecule has 1 amide bonds.